The van der Waals surface area contributed by atoms with E-state index in [9.17, 15) is 0 Å². The first-order chi connectivity index (χ1) is 15.1. The molecule has 4 rings (SSSR count). The van der Waals surface area contributed by atoms with Crippen molar-refractivity contribution in [3.8, 4) is 23.0 Å². The van der Waals surface area contributed by atoms with E-state index >= 15 is 0 Å². The highest BCUT2D eigenvalue weighted by atomic mass is 35.5. The van der Waals surface area contributed by atoms with Gasteiger partial charge in [0.2, 0.25) is 6.79 Å². The molecule has 3 aromatic rings. The highest BCUT2D eigenvalue weighted by Crippen LogP contribution is 2.37. The van der Waals surface area contributed by atoms with Gasteiger partial charge >= 0.3 is 0 Å². The maximum absolute atomic E-state index is 6.56. The predicted molar refractivity (Wildman–Crippen MR) is 128 cm³/mol. The Bertz CT molecular complexity index is 1040. The fraction of sp³-hybridized carbons (Fsp3) is 0.280. The van der Waals surface area contributed by atoms with Crippen LogP contribution < -0.4 is 24.3 Å². The van der Waals surface area contributed by atoms with Crippen LogP contribution in [0.25, 0.3) is 0 Å². The van der Waals surface area contributed by atoms with E-state index < -0.39 is 0 Å². The Morgan fingerprint density at radius 2 is 1.59 bits per heavy atom. The highest BCUT2D eigenvalue weighted by Gasteiger charge is 2.15. The molecule has 1 heterocycles. The van der Waals surface area contributed by atoms with Crippen LogP contribution in [0.4, 0.5) is 0 Å². The number of rotatable bonds is 9. The third-order valence-corrected chi connectivity index (χ3v) is 5.25. The minimum atomic E-state index is 0. The van der Waals surface area contributed by atoms with E-state index in [2.05, 4.69) is 36.5 Å². The van der Waals surface area contributed by atoms with Gasteiger partial charge in [-0.25, -0.2) is 0 Å². The van der Waals surface area contributed by atoms with E-state index in [0.29, 0.717) is 42.8 Å². The normalized spacial score (nSPS) is 11.7. The minimum absolute atomic E-state index is 0. The average molecular weight is 476 g/mol. The molecule has 0 atom stereocenters. The zero-order valence-corrected chi connectivity index (χ0v) is 19.7. The van der Waals surface area contributed by atoms with Crippen LogP contribution in [0.3, 0.4) is 0 Å². The summed E-state index contributed by atoms with van der Waals surface area (Å²) >= 11 is 6.56. The fourth-order valence-corrected chi connectivity index (χ4v) is 3.66. The quantitative estimate of drug-likeness (QED) is 0.407. The molecule has 0 unspecified atom stereocenters. The van der Waals surface area contributed by atoms with Crippen molar-refractivity contribution in [2.75, 3.05) is 13.4 Å². The Kier molecular flexibility index (Phi) is 8.51. The van der Waals surface area contributed by atoms with Crippen molar-refractivity contribution in [3.63, 3.8) is 0 Å². The molecule has 1 N–H and O–H groups in total. The van der Waals surface area contributed by atoms with Gasteiger partial charge < -0.3 is 24.3 Å². The molecule has 7 heteroatoms. The first kappa shape index (κ1) is 24.1. The first-order valence-electron chi connectivity index (χ1n) is 10.3. The average Bonchev–Trinajstić information content (AvgIpc) is 3.23. The van der Waals surface area contributed by atoms with Gasteiger partial charge in [-0.05, 0) is 54.8 Å². The molecule has 0 saturated heterocycles. The second kappa shape index (κ2) is 11.3. The topological polar surface area (TPSA) is 49.0 Å². The van der Waals surface area contributed by atoms with Crippen LogP contribution in [0.2, 0.25) is 5.02 Å². The van der Waals surface area contributed by atoms with Gasteiger partial charge in [-0.15, -0.1) is 12.4 Å². The maximum Gasteiger partial charge on any atom is 0.231 e. The summed E-state index contributed by atoms with van der Waals surface area (Å²) in [6, 6.07) is 18.1. The van der Waals surface area contributed by atoms with E-state index in [1.54, 1.807) is 0 Å². The van der Waals surface area contributed by atoms with Gasteiger partial charge in [-0.1, -0.05) is 47.5 Å². The monoisotopic (exact) mass is 475 g/mol. The zero-order chi connectivity index (χ0) is 21.6. The third kappa shape index (κ3) is 6.00. The third-order valence-electron chi connectivity index (χ3n) is 4.97. The van der Waals surface area contributed by atoms with Crippen LogP contribution >= 0.6 is 24.0 Å². The van der Waals surface area contributed by atoms with Crippen molar-refractivity contribution in [1.82, 2.24) is 5.32 Å². The molecule has 0 fully saturated rings. The minimum Gasteiger partial charge on any atom is -0.490 e. The van der Waals surface area contributed by atoms with Crippen molar-refractivity contribution >= 4 is 24.0 Å². The lowest BCUT2D eigenvalue weighted by molar-refractivity contribution is 0.174. The van der Waals surface area contributed by atoms with Crippen molar-refractivity contribution < 1.29 is 18.9 Å². The second-order valence-corrected chi connectivity index (χ2v) is 7.81. The summed E-state index contributed by atoms with van der Waals surface area (Å²) < 4.78 is 22.6. The summed E-state index contributed by atoms with van der Waals surface area (Å²) in [6.45, 7) is 6.60. The molecule has 0 aromatic heterocycles. The number of hydrogen-bond donors (Lipinski definition) is 1. The number of halogens is 2. The lowest BCUT2D eigenvalue weighted by Gasteiger charge is -2.16. The predicted octanol–water partition coefficient (Wildman–Crippen LogP) is 6.07. The molecule has 0 spiro atoms. The number of aryl methyl sites for hydroxylation is 1. The van der Waals surface area contributed by atoms with E-state index in [0.717, 1.165) is 28.2 Å². The smallest absolute Gasteiger partial charge is 0.231 e. The Morgan fingerprint density at radius 3 is 2.38 bits per heavy atom. The van der Waals surface area contributed by atoms with Gasteiger partial charge in [0, 0.05) is 13.1 Å². The number of ether oxygens (including phenoxy) is 4. The van der Waals surface area contributed by atoms with E-state index in [-0.39, 0.29) is 19.2 Å². The van der Waals surface area contributed by atoms with Crippen molar-refractivity contribution in [2.24, 2.45) is 0 Å². The fourth-order valence-electron chi connectivity index (χ4n) is 3.37. The molecule has 0 bridgehead atoms. The molecule has 0 amide bonds. The van der Waals surface area contributed by atoms with Crippen LogP contribution in [0.5, 0.6) is 23.0 Å². The molecule has 170 valence electrons. The summed E-state index contributed by atoms with van der Waals surface area (Å²) in [5.74, 6) is 2.81. The highest BCUT2D eigenvalue weighted by molar-refractivity contribution is 6.32. The van der Waals surface area contributed by atoms with Gasteiger partial charge in [0.25, 0.3) is 0 Å². The molecule has 0 aliphatic carbocycles. The molecule has 3 aromatic carbocycles. The van der Waals surface area contributed by atoms with E-state index in [1.807, 2.05) is 37.3 Å². The molecule has 0 radical (unpaired) electrons. The summed E-state index contributed by atoms with van der Waals surface area (Å²) in [4.78, 5) is 0. The number of benzene rings is 3. The number of hydrogen-bond acceptors (Lipinski definition) is 5. The summed E-state index contributed by atoms with van der Waals surface area (Å²) in [6.07, 6.45) is 0. The maximum atomic E-state index is 6.56. The SMILES string of the molecule is CCOc1cc(CNCc2ccc3c(c2)OCO3)cc(Cl)c1OCc1ccc(C)cc1.Cl. The molecule has 5 nitrogen and oxygen atoms in total. The summed E-state index contributed by atoms with van der Waals surface area (Å²) in [5.41, 5.74) is 4.45. The second-order valence-electron chi connectivity index (χ2n) is 7.40. The molecule has 32 heavy (non-hydrogen) atoms. The van der Waals surface area contributed by atoms with Gasteiger partial charge in [0.05, 0.1) is 11.6 Å². The Morgan fingerprint density at radius 1 is 0.875 bits per heavy atom. The van der Waals surface area contributed by atoms with E-state index in [1.165, 1.54) is 5.56 Å². The standard InChI is InChI=1S/C25H26ClNO4.ClH/c1-3-28-24-12-20(14-27-13-19-8-9-22-23(11-19)31-16-30-22)10-21(26)25(24)29-15-18-6-4-17(2)5-7-18;/h4-12,27H,3,13-16H2,1-2H3;1H. The molecular formula is C25H27Cl2NO4. The summed E-state index contributed by atoms with van der Waals surface area (Å²) in [5, 5.41) is 3.98. The molecular weight excluding hydrogens is 449 g/mol. The number of fused-ring (bicyclic) bond motifs is 1. The van der Waals surface area contributed by atoms with Crippen molar-refractivity contribution in [3.05, 3.63) is 81.9 Å². The van der Waals surface area contributed by atoms with Crippen LogP contribution in [0, 0.1) is 6.92 Å². The van der Waals surface area contributed by atoms with Crippen LogP contribution in [0.15, 0.2) is 54.6 Å². The lowest BCUT2D eigenvalue weighted by Crippen LogP contribution is -2.13. The molecule has 0 saturated carbocycles. The largest absolute Gasteiger partial charge is 0.490 e. The van der Waals surface area contributed by atoms with Crippen LogP contribution in [-0.2, 0) is 19.7 Å². The number of nitrogens with one attached hydrogen (secondary N) is 1. The van der Waals surface area contributed by atoms with Crippen LogP contribution in [-0.4, -0.2) is 13.4 Å². The molecule has 1 aliphatic rings. The van der Waals surface area contributed by atoms with Gasteiger partial charge in [-0.3, -0.25) is 0 Å². The first-order valence-corrected chi connectivity index (χ1v) is 10.7. The molecule has 1 aliphatic heterocycles. The van der Waals surface area contributed by atoms with Crippen LogP contribution in [0.1, 0.15) is 29.2 Å². The van der Waals surface area contributed by atoms with Gasteiger partial charge in [0.15, 0.2) is 23.0 Å². The lowest BCUT2D eigenvalue weighted by atomic mass is 10.1. The van der Waals surface area contributed by atoms with E-state index in [4.69, 9.17) is 30.5 Å². The Labute approximate surface area is 200 Å². The Hall–Kier alpha value is -2.60. The van der Waals surface area contributed by atoms with Crippen molar-refractivity contribution in [1.29, 1.82) is 0 Å². The summed E-state index contributed by atoms with van der Waals surface area (Å²) in [7, 11) is 0. The Balaban J connectivity index is 0.00000289. The zero-order valence-electron chi connectivity index (χ0n) is 18.2. The van der Waals surface area contributed by atoms with Gasteiger partial charge in [-0.2, -0.15) is 0 Å². The van der Waals surface area contributed by atoms with Crippen molar-refractivity contribution in [2.45, 2.75) is 33.5 Å². The van der Waals surface area contributed by atoms with Gasteiger partial charge in [0.1, 0.15) is 6.61 Å².